The van der Waals surface area contributed by atoms with Crippen LogP contribution in [0.2, 0.25) is 0 Å². The largest absolute Gasteiger partial charge is 0.497 e. The van der Waals surface area contributed by atoms with Crippen molar-refractivity contribution in [3.8, 4) is 5.75 Å². The van der Waals surface area contributed by atoms with Gasteiger partial charge >= 0.3 is 5.97 Å². The van der Waals surface area contributed by atoms with Gasteiger partial charge < -0.3 is 14.8 Å². The molecule has 2 rings (SSSR count). The number of fused-ring (bicyclic) bond motifs is 1. The van der Waals surface area contributed by atoms with Gasteiger partial charge in [-0.2, -0.15) is 0 Å². The van der Waals surface area contributed by atoms with Crippen molar-refractivity contribution in [3.63, 3.8) is 0 Å². The first-order valence-corrected chi connectivity index (χ1v) is 5.22. The van der Waals surface area contributed by atoms with Crippen LogP contribution < -0.4 is 10.2 Å². The number of methoxy groups -OCH3 is 1. The van der Waals surface area contributed by atoms with E-state index in [9.17, 15) is 9.59 Å². The molecule has 2 N–H and O–H groups in total. The van der Waals surface area contributed by atoms with Gasteiger partial charge in [0.05, 0.1) is 7.11 Å². The standard InChI is InChI=1S/C13H11NO4/c1-18-9-3-4-11-10(6-9)13(17)8(7-14-11)2-5-12(15)16/h2-7H,1H3,(H,14,17)(H,15,16)/b5-2+. The second kappa shape index (κ2) is 4.75. The Balaban J connectivity index is 2.62. The topological polar surface area (TPSA) is 79.4 Å². The molecule has 0 radical (unpaired) electrons. The number of pyridine rings is 1. The zero-order valence-electron chi connectivity index (χ0n) is 9.64. The second-order valence-corrected chi connectivity index (χ2v) is 3.66. The van der Waals surface area contributed by atoms with Crippen molar-refractivity contribution in [2.24, 2.45) is 0 Å². The van der Waals surface area contributed by atoms with Gasteiger partial charge in [-0.25, -0.2) is 4.79 Å². The van der Waals surface area contributed by atoms with E-state index in [0.717, 1.165) is 6.08 Å². The molecule has 0 aliphatic rings. The monoisotopic (exact) mass is 245 g/mol. The zero-order valence-corrected chi connectivity index (χ0v) is 9.64. The molecule has 0 amide bonds. The summed E-state index contributed by atoms with van der Waals surface area (Å²) in [6.45, 7) is 0. The van der Waals surface area contributed by atoms with Crippen LogP contribution in [0.25, 0.3) is 17.0 Å². The summed E-state index contributed by atoms with van der Waals surface area (Å²) in [5.74, 6) is -0.521. The number of benzene rings is 1. The number of aromatic nitrogens is 1. The van der Waals surface area contributed by atoms with Crippen LogP contribution in [-0.2, 0) is 4.79 Å². The molecule has 0 saturated heterocycles. The van der Waals surface area contributed by atoms with Crippen molar-refractivity contribution in [1.29, 1.82) is 0 Å². The summed E-state index contributed by atoms with van der Waals surface area (Å²) >= 11 is 0. The Morgan fingerprint density at radius 1 is 1.44 bits per heavy atom. The number of nitrogens with one attached hydrogen (secondary N) is 1. The van der Waals surface area contributed by atoms with Crippen molar-refractivity contribution in [1.82, 2.24) is 4.98 Å². The molecule has 1 aromatic heterocycles. The molecular formula is C13H11NO4. The Kier molecular flexibility index (Phi) is 3.14. The Morgan fingerprint density at radius 3 is 2.89 bits per heavy atom. The zero-order chi connectivity index (χ0) is 13.1. The van der Waals surface area contributed by atoms with Crippen molar-refractivity contribution < 1.29 is 14.6 Å². The van der Waals surface area contributed by atoms with Crippen LogP contribution in [0, 0.1) is 0 Å². The normalized spacial score (nSPS) is 10.9. The first-order chi connectivity index (χ1) is 8.61. The van der Waals surface area contributed by atoms with E-state index in [2.05, 4.69) is 4.98 Å². The molecule has 0 spiro atoms. The fourth-order valence-corrected chi connectivity index (χ4v) is 1.63. The first kappa shape index (κ1) is 11.9. The SMILES string of the molecule is COc1ccc2[nH]cc(/C=C/C(=O)O)c(=O)c2c1. The molecule has 0 unspecified atom stereocenters. The predicted molar refractivity (Wildman–Crippen MR) is 67.8 cm³/mol. The van der Waals surface area contributed by atoms with E-state index < -0.39 is 5.97 Å². The summed E-state index contributed by atoms with van der Waals surface area (Å²) in [5, 5.41) is 9.00. The number of carboxylic acids is 1. The third-order valence-corrected chi connectivity index (χ3v) is 2.52. The molecule has 5 heteroatoms. The van der Waals surface area contributed by atoms with Gasteiger partial charge in [0.1, 0.15) is 5.75 Å². The molecular weight excluding hydrogens is 234 g/mol. The van der Waals surface area contributed by atoms with Crippen molar-refractivity contribution in [2.75, 3.05) is 7.11 Å². The highest BCUT2D eigenvalue weighted by Gasteiger charge is 2.04. The molecule has 5 nitrogen and oxygen atoms in total. The third-order valence-electron chi connectivity index (χ3n) is 2.52. The lowest BCUT2D eigenvalue weighted by Gasteiger charge is -2.03. The molecule has 1 heterocycles. The molecule has 0 saturated carbocycles. The van der Waals surface area contributed by atoms with Crippen LogP contribution in [0.4, 0.5) is 0 Å². The van der Waals surface area contributed by atoms with Gasteiger partial charge in [0, 0.05) is 28.7 Å². The minimum atomic E-state index is -1.10. The van der Waals surface area contributed by atoms with Crippen LogP contribution in [0.1, 0.15) is 5.56 Å². The fourth-order valence-electron chi connectivity index (χ4n) is 1.63. The van der Waals surface area contributed by atoms with Crippen LogP contribution in [-0.4, -0.2) is 23.2 Å². The van der Waals surface area contributed by atoms with Gasteiger partial charge in [-0.1, -0.05) is 0 Å². The van der Waals surface area contributed by atoms with Crippen molar-refractivity contribution in [2.45, 2.75) is 0 Å². The maximum atomic E-state index is 12.1. The van der Waals surface area contributed by atoms with Crippen LogP contribution in [0.15, 0.2) is 35.3 Å². The van der Waals surface area contributed by atoms with Crippen LogP contribution in [0.3, 0.4) is 0 Å². The molecule has 0 bridgehead atoms. The number of hydrogen-bond acceptors (Lipinski definition) is 3. The summed E-state index contributed by atoms with van der Waals surface area (Å²) < 4.78 is 5.05. The average Bonchev–Trinajstić information content (AvgIpc) is 2.37. The number of carboxylic acid groups (broad SMARTS) is 1. The molecule has 2 aromatic rings. The highest BCUT2D eigenvalue weighted by Crippen LogP contribution is 2.16. The average molecular weight is 245 g/mol. The smallest absolute Gasteiger partial charge is 0.328 e. The quantitative estimate of drug-likeness (QED) is 0.805. The first-order valence-electron chi connectivity index (χ1n) is 5.22. The molecule has 0 fully saturated rings. The highest BCUT2D eigenvalue weighted by molar-refractivity contribution is 5.87. The maximum Gasteiger partial charge on any atom is 0.328 e. The number of aromatic amines is 1. The van der Waals surface area contributed by atoms with Gasteiger partial charge in [-0.05, 0) is 24.3 Å². The predicted octanol–water partition coefficient (Wildman–Crippen LogP) is 1.63. The highest BCUT2D eigenvalue weighted by atomic mass is 16.5. The molecule has 0 aliphatic carbocycles. The lowest BCUT2D eigenvalue weighted by atomic mass is 10.1. The number of rotatable bonds is 3. The van der Waals surface area contributed by atoms with Crippen LogP contribution in [0.5, 0.6) is 5.75 Å². The van der Waals surface area contributed by atoms with Gasteiger partial charge in [0.2, 0.25) is 0 Å². The number of aliphatic carboxylic acids is 1. The van der Waals surface area contributed by atoms with E-state index in [1.54, 1.807) is 18.2 Å². The van der Waals surface area contributed by atoms with E-state index in [4.69, 9.17) is 9.84 Å². The Labute approximate surface area is 102 Å². The van der Waals surface area contributed by atoms with Gasteiger partial charge in [0.25, 0.3) is 0 Å². The maximum absolute atomic E-state index is 12.1. The van der Waals surface area contributed by atoms with E-state index >= 15 is 0 Å². The molecule has 92 valence electrons. The summed E-state index contributed by atoms with van der Waals surface area (Å²) in [4.78, 5) is 25.5. The number of hydrogen-bond donors (Lipinski definition) is 2. The Bertz CT molecular complexity index is 685. The summed E-state index contributed by atoms with van der Waals surface area (Å²) in [5.41, 5.74) is 0.728. The van der Waals surface area contributed by atoms with E-state index in [1.807, 2.05) is 0 Å². The number of carbonyl (C=O) groups is 1. The van der Waals surface area contributed by atoms with Gasteiger partial charge in [-0.15, -0.1) is 0 Å². The molecule has 0 atom stereocenters. The Morgan fingerprint density at radius 2 is 2.22 bits per heavy atom. The summed E-state index contributed by atoms with van der Waals surface area (Å²) in [6.07, 6.45) is 3.67. The second-order valence-electron chi connectivity index (χ2n) is 3.66. The van der Waals surface area contributed by atoms with Gasteiger partial charge in [-0.3, -0.25) is 4.79 Å². The third kappa shape index (κ3) is 2.24. The molecule has 0 aliphatic heterocycles. The lowest BCUT2D eigenvalue weighted by molar-refractivity contribution is -0.131. The molecule has 1 aromatic carbocycles. The Hall–Kier alpha value is -2.56. The summed E-state index contributed by atoms with van der Waals surface area (Å²) in [6, 6.07) is 5.09. The fraction of sp³-hybridized carbons (Fsp3) is 0.0769. The number of ether oxygens (including phenoxy) is 1. The summed E-state index contributed by atoms with van der Waals surface area (Å²) in [7, 11) is 1.52. The van der Waals surface area contributed by atoms with Crippen molar-refractivity contribution in [3.05, 3.63) is 46.3 Å². The van der Waals surface area contributed by atoms with E-state index in [-0.39, 0.29) is 11.0 Å². The van der Waals surface area contributed by atoms with Crippen LogP contribution >= 0.6 is 0 Å². The van der Waals surface area contributed by atoms with E-state index in [0.29, 0.717) is 16.7 Å². The minimum Gasteiger partial charge on any atom is -0.497 e. The molecule has 18 heavy (non-hydrogen) atoms. The number of H-pyrrole nitrogens is 1. The lowest BCUT2D eigenvalue weighted by Crippen LogP contribution is -2.07. The minimum absolute atomic E-state index is 0.236. The van der Waals surface area contributed by atoms with Gasteiger partial charge in [0.15, 0.2) is 5.43 Å². The van der Waals surface area contributed by atoms with Crippen molar-refractivity contribution >= 4 is 22.9 Å². The van der Waals surface area contributed by atoms with E-state index in [1.165, 1.54) is 19.4 Å².